The predicted molar refractivity (Wildman–Crippen MR) is 116 cm³/mol. The standard InChI is InChI=1S/C22H31N5O3/c1-3-30-22(29)19-15-25-27(20(19)23)18-11-9-16(10-12-18)21(28)24-13-14-26(2)17-7-5-4-6-8-17/h9-12,15,17H,3-8,13-14,23H2,1-2H3,(H,24,28). The molecule has 8 nitrogen and oxygen atoms in total. The van der Waals surface area contributed by atoms with E-state index < -0.39 is 5.97 Å². The summed E-state index contributed by atoms with van der Waals surface area (Å²) in [5.41, 5.74) is 7.49. The van der Waals surface area contributed by atoms with Crippen LogP contribution in [0.15, 0.2) is 30.5 Å². The van der Waals surface area contributed by atoms with Crippen LogP contribution in [0, 0.1) is 0 Å². The summed E-state index contributed by atoms with van der Waals surface area (Å²) in [5.74, 6) is -0.411. The number of ether oxygens (including phenoxy) is 1. The van der Waals surface area contributed by atoms with Crippen LogP contribution in [-0.2, 0) is 4.74 Å². The van der Waals surface area contributed by atoms with Gasteiger partial charge < -0.3 is 20.7 Å². The molecule has 0 bridgehead atoms. The van der Waals surface area contributed by atoms with E-state index in [1.54, 1.807) is 31.2 Å². The molecule has 1 saturated carbocycles. The second kappa shape index (κ2) is 10.2. The molecule has 1 aliphatic rings. The normalized spacial score (nSPS) is 14.6. The number of nitrogens with two attached hydrogens (primary N) is 1. The summed E-state index contributed by atoms with van der Waals surface area (Å²) in [4.78, 5) is 26.7. The quantitative estimate of drug-likeness (QED) is 0.645. The van der Waals surface area contributed by atoms with Crippen molar-refractivity contribution in [1.29, 1.82) is 0 Å². The van der Waals surface area contributed by atoms with Crippen molar-refractivity contribution in [3.8, 4) is 5.69 Å². The van der Waals surface area contributed by atoms with Crippen molar-refractivity contribution in [1.82, 2.24) is 20.0 Å². The molecule has 8 heteroatoms. The molecular weight excluding hydrogens is 382 g/mol. The molecule has 1 fully saturated rings. The van der Waals surface area contributed by atoms with E-state index in [9.17, 15) is 9.59 Å². The van der Waals surface area contributed by atoms with Crippen molar-refractivity contribution >= 4 is 17.7 Å². The summed E-state index contributed by atoms with van der Waals surface area (Å²) >= 11 is 0. The first-order valence-electron chi connectivity index (χ1n) is 10.6. The van der Waals surface area contributed by atoms with E-state index in [1.165, 1.54) is 43.0 Å². The Bertz CT molecular complexity index is 856. The number of carbonyl (C=O) groups excluding carboxylic acids is 2. The number of anilines is 1. The van der Waals surface area contributed by atoms with Gasteiger partial charge in [0.15, 0.2) is 0 Å². The van der Waals surface area contributed by atoms with Gasteiger partial charge in [-0.05, 0) is 51.1 Å². The van der Waals surface area contributed by atoms with Crippen molar-refractivity contribution in [2.45, 2.75) is 45.1 Å². The smallest absolute Gasteiger partial charge is 0.343 e. The fourth-order valence-corrected chi connectivity index (χ4v) is 3.84. The van der Waals surface area contributed by atoms with Gasteiger partial charge in [-0.1, -0.05) is 19.3 Å². The van der Waals surface area contributed by atoms with Gasteiger partial charge in [-0.2, -0.15) is 5.10 Å². The number of hydrogen-bond acceptors (Lipinski definition) is 6. The molecule has 0 atom stereocenters. The first-order chi connectivity index (χ1) is 14.5. The van der Waals surface area contributed by atoms with E-state index in [0.29, 0.717) is 23.8 Å². The largest absolute Gasteiger partial charge is 0.462 e. The Balaban J connectivity index is 1.55. The molecular formula is C22H31N5O3. The van der Waals surface area contributed by atoms with Gasteiger partial charge in [-0.3, -0.25) is 4.79 Å². The second-order valence-corrected chi connectivity index (χ2v) is 7.65. The van der Waals surface area contributed by atoms with Gasteiger partial charge in [-0.25, -0.2) is 9.48 Å². The summed E-state index contributed by atoms with van der Waals surface area (Å²) in [6, 6.07) is 7.58. The van der Waals surface area contributed by atoms with Gasteiger partial charge in [-0.15, -0.1) is 0 Å². The molecule has 0 radical (unpaired) electrons. The molecule has 1 aromatic heterocycles. The molecule has 30 heavy (non-hydrogen) atoms. The summed E-state index contributed by atoms with van der Waals surface area (Å²) < 4.78 is 6.42. The third-order valence-electron chi connectivity index (χ3n) is 5.62. The lowest BCUT2D eigenvalue weighted by molar-refractivity contribution is 0.0527. The van der Waals surface area contributed by atoms with Crippen LogP contribution in [-0.4, -0.2) is 59.3 Å². The number of likely N-dealkylation sites (N-methyl/N-ethyl adjacent to an activating group) is 1. The average molecular weight is 414 g/mol. The Hall–Kier alpha value is -2.87. The lowest BCUT2D eigenvalue weighted by atomic mass is 9.94. The molecule has 1 aliphatic carbocycles. The van der Waals surface area contributed by atoms with Crippen LogP contribution in [0.4, 0.5) is 5.82 Å². The minimum atomic E-state index is -0.504. The minimum absolute atomic E-state index is 0.112. The summed E-state index contributed by atoms with van der Waals surface area (Å²) in [7, 11) is 2.13. The number of carbonyl (C=O) groups is 2. The van der Waals surface area contributed by atoms with Crippen molar-refractivity contribution in [3.63, 3.8) is 0 Å². The molecule has 1 aromatic carbocycles. The molecule has 0 aliphatic heterocycles. The van der Waals surface area contributed by atoms with Crippen molar-refractivity contribution < 1.29 is 14.3 Å². The molecule has 0 spiro atoms. The van der Waals surface area contributed by atoms with Gasteiger partial charge in [0, 0.05) is 24.7 Å². The number of nitrogens with one attached hydrogen (secondary N) is 1. The number of nitrogen functional groups attached to an aromatic ring is 1. The number of rotatable bonds is 8. The molecule has 3 rings (SSSR count). The SMILES string of the molecule is CCOC(=O)c1cnn(-c2ccc(C(=O)NCCN(C)C3CCCCC3)cc2)c1N. The third kappa shape index (κ3) is 5.18. The Morgan fingerprint density at radius 2 is 1.93 bits per heavy atom. The van der Waals surface area contributed by atoms with E-state index in [1.807, 2.05) is 0 Å². The lowest BCUT2D eigenvalue weighted by Gasteiger charge is -2.31. The number of aromatic nitrogens is 2. The van der Waals surface area contributed by atoms with Crippen molar-refractivity contribution in [3.05, 3.63) is 41.6 Å². The Morgan fingerprint density at radius 3 is 2.60 bits per heavy atom. The van der Waals surface area contributed by atoms with Gasteiger partial charge in [0.1, 0.15) is 11.4 Å². The molecule has 2 aromatic rings. The minimum Gasteiger partial charge on any atom is -0.462 e. The van der Waals surface area contributed by atoms with E-state index in [4.69, 9.17) is 10.5 Å². The monoisotopic (exact) mass is 413 g/mol. The van der Waals surface area contributed by atoms with E-state index in [-0.39, 0.29) is 23.9 Å². The van der Waals surface area contributed by atoms with Crippen LogP contribution in [0.1, 0.15) is 59.7 Å². The van der Waals surface area contributed by atoms with Crippen LogP contribution in [0.3, 0.4) is 0 Å². The highest BCUT2D eigenvalue weighted by Crippen LogP contribution is 2.21. The first kappa shape index (κ1) is 21.8. The summed E-state index contributed by atoms with van der Waals surface area (Å²) in [6.07, 6.45) is 7.83. The maximum absolute atomic E-state index is 12.4. The Labute approximate surface area is 177 Å². The summed E-state index contributed by atoms with van der Waals surface area (Å²) in [6.45, 7) is 3.46. The highest BCUT2D eigenvalue weighted by atomic mass is 16.5. The topological polar surface area (TPSA) is 102 Å². The van der Waals surface area contributed by atoms with Gasteiger partial charge in [0.25, 0.3) is 5.91 Å². The highest BCUT2D eigenvalue weighted by Gasteiger charge is 2.19. The molecule has 162 valence electrons. The Morgan fingerprint density at radius 1 is 1.23 bits per heavy atom. The van der Waals surface area contributed by atoms with Crippen LogP contribution in [0.2, 0.25) is 0 Å². The highest BCUT2D eigenvalue weighted by molar-refractivity contribution is 5.95. The number of benzene rings is 1. The fraction of sp³-hybridized carbons (Fsp3) is 0.500. The second-order valence-electron chi connectivity index (χ2n) is 7.65. The van der Waals surface area contributed by atoms with Crippen LogP contribution >= 0.6 is 0 Å². The zero-order valence-corrected chi connectivity index (χ0v) is 17.8. The number of esters is 1. The van der Waals surface area contributed by atoms with Gasteiger partial charge in [0.2, 0.25) is 0 Å². The zero-order chi connectivity index (χ0) is 21.5. The first-order valence-corrected chi connectivity index (χ1v) is 10.6. The van der Waals surface area contributed by atoms with E-state index in [0.717, 1.165) is 6.54 Å². The molecule has 0 unspecified atom stereocenters. The van der Waals surface area contributed by atoms with Gasteiger partial charge in [0.05, 0.1) is 18.5 Å². The predicted octanol–water partition coefficient (Wildman–Crippen LogP) is 2.63. The van der Waals surface area contributed by atoms with Crippen molar-refractivity contribution in [2.75, 3.05) is 32.5 Å². The third-order valence-corrected chi connectivity index (χ3v) is 5.62. The van der Waals surface area contributed by atoms with Crippen molar-refractivity contribution in [2.24, 2.45) is 0 Å². The zero-order valence-electron chi connectivity index (χ0n) is 17.8. The maximum atomic E-state index is 12.4. The number of amides is 1. The maximum Gasteiger partial charge on any atom is 0.343 e. The molecule has 1 amide bonds. The Kier molecular flexibility index (Phi) is 7.46. The number of nitrogens with zero attached hydrogens (tertiary/aromatic N) is 3. The summed E-state index contributed by atoms with van der Waals surface area (Å²) in [5, 5.41) is 7.15. The van der Waals surface area contributed by atoms with E-state index >= 15 is 0 Å². The fourth-order valence-electron chi connectivity index (χ4n) is 3.84. The van der Waals surface area contributed by atoms with Gasteiger partial charge >= 0.3 is 5.97 Å². The van der Waals surface area contributed by atoms with E-state index in [2.05, 4.69) is 22.4 Å². The molecule has 0 saturated heterocycles. The van der Waals surface area contributed by atoms with Crippen LogP contribution in [0.25, 0.3) is 5.69 Å². The van der Waals surface area contributed by atoms with Crippen LogP contribution < -0.4 is 11.1 Å². The molecule has 1 heterocycles. The van der Waals surface area contributed by atoms with Crippen LogP contribution in [0.5, 0.6) is 0 Å². The average Bonchev–Trinajstić information content (AvgIpc) is 3.16. The molecule has 3 N–H and O–H groups in total. The number of hydrogen-bond donors (Lipinski definition) is 2. The lowest BCUT2D eigenvalue weighted by Crippen LogP contribution is -2.39.